The Balaban J connectivity index is 1.52. The van der Waals surface area contributed by atoms with Gasteiger partial charge in [0.2, 0.25) is 5.91 Å². The van der Waals surface area contributed by atoms with E-state index in [2.05, 4.69) is 5.32 Å². The van der Waals surface area contributed by atoms with Crippen LogP contribution in [0.15, 0.2) is 42.5 Å². The number of hydrogen-bond acceptors (Lipinski definition) is 5. The van der Waals surface area contributed by atoms with Gasteiger partial charge in [-0.25, -0.2) is 4.79 Å². The van der Waals surface area contributed by atoms with Gasteiger partial charge in [0.1, 0.15) is 6.04 Å². The predicted molar refractivity (Wildman–Crippen MR) is 103 cm³/mol. The van der Waals surface area contributed by atoms with Crippen molar-refractivity contribution in [1.29, 1.82) is 0 Å². The van der Waals surface area contributed by atoms with Crippen molar-refractivity contribution in [2.75, 3.05) is 26.3 Å². The zero-order valence-electron chi connectivity index (χ0n) is 15.7. The minimum Gasteiger partial charge on any atom is -0.479 e. The second-order valence-electron chi connectivity index (χ2n) is 7.20. The van der Waals surface area contributed by atoms with Crippen molar-refractivity contribution in [2.24, 2.45) is 0 Å². The minimum atomic E-state index is -1.18. The van der Waals surface area contributed by atoms with Crippen LogP contribution in [0.5, 0.6) is 0 Å². The van der Waals surface area contributed by atoms with Crippen molar-refractivity contribution in [3.63, 3.8) is 0 Å². The summed E-state index contributed by atoms with van der Waals surface area (Å²) >= 11 is 0. The molecule has 0 aliphatic carbocycles. The highest BCUT2D eigenvalue weighted by atomic mass is 16.6. The Labute approximate surface area is 167 Å². The number of nitrogens with zero attached hydrogens (tertiary/aromatic N) is 1. The highest BCUT2D eigenvalue weighted by Gasteiger charge is 2.51. The van der Waals surface area contributed by atoms with E-state index < -0.39 is 30.1 Å². The summed E-state index contributed by atoms with van der Waals surface area (Å²) in [6.07, 6.45) is -1.89. The number of benzene rings is 2. The molecule has 8 heteroatoms. The number of carbonyl (C=O) groups is 3. The molecule has 0 bridgehead atoms. The van der Waals surface area contributed by atoms with Crippen LogP contribution in [0, 0.1) is 0 Å². The molecule has 2 heterocycles. The number of ether oxygens (including phenoxy) is 2. The molecule has 0 aromatic heterocycles. The van der Waals surface area contributed by atoms with Crippen LogP contribution in [0.2, 0.25) is 0 Å². The molecule has 2 aromatic carbocycles. The molecule has 3 atom stereocenters. The maximum absolute atomic E-state index is 13.1. The van der Waals surface area contributed by atoms with Crippen molar-refractivity contribution in [2.45, 2.75) is 24.7 Å². The molecule has 2 amide bonds. The van der Waals surface area contributed by atoms with Crippen molar-refractivity contribution < 1.29 is 29.0 Å². The summed E-state index contributed by atoms with van der Waals surface area (Å²) in [5.74, 6) is -1.97. The Bertz CT molecular complexity index is 940. The summed E-state index contributed by atoms with van der Waals surface area (Å²) < 4.78 is 10.2. The molecule has 2 N–H and O–H groups in total. The topological polar surface area (TPSA) is 108 Å². The Morgan fingerprint density at radius 2 is 1.79 bits per heavy atom. The monoisotopic (exact) mass is 398 g/mol. The number of aliphatic carboxylic acids is 1. The van der Waals surface area contributed by atoms with Gasteiger partial charge < -0.3 is 24.8 Å². The number of carboxylic acid groups (broad SMARTS) is 1. The summed E-state index contributed by atoms with van der Waals surface area (Å²) in [4.78, 5) is 38.1. The van der Waals surface area contributed by atoms with Crippen LogP contribution in [0.4, 0.5) is 0 Å². The van der Waals surface area contributed by atoms with Gasteiger partial charge in [0.05, 0.1) is 13.2 Å². The van der Waals surface area contributed by atoms with E-state index in [4.69, 9.17) is 14.6 Å². The van der Waals surface area contributed by atoms with Crippen LogP contribution in [0.3, 0.4) is 0 Å². The molecule has 8 nitrogen and oxygen atoms in total. The third-order valence-corrected chi connectivity index (χ3v) is 5.18. The standard InChI is InChI=1S/C21H22N2O6/c24-19(17-18(29-17)21(26)27)22-16(20(25)23-7-9-28-10-8-23)12-13-5-6-14-3-1-2-4-15(14)11-13/h1-6,11,16-18H,7-10,12H2,(H,22,24)(H,26,27)/t16-,17-,18-/m0/s1. The molecular weight excluding hydrogens is 376 g/mol. The van der Waals surface area contributed by atoms with E-state index in [9.17, 15) is 14.4 Å². The lowest BCUT2D eigenvalue weighted by Crippen LogP contribution is -2.53. The smallest absolute Gasteiger partial charge is 0.336 e. The molecular formula is C21H22N2O6. The van der Waals surface area contributed by atoms with Crippen LogP contribution in [-0.4, -0.2) is 72.3 Å². The number of amides is 2. The van der Waals surface area contributed by atoms with Gasteiger partial charge in [-0.2, -0.15) is 0 Å². The van der Waals surface area contributed by atoms with Crippen LogP contribution in [-0.2, 0) is 30.3 Å². The average molecular weight is 398 g/mol. The Morgan fingerprint density at radius 3 is 2.48 bits per heavy atom. The number of carboxylic acids is 1. The highest BCUT2D eigenvalue weighted by molar-refractivity contribution is 5.95. The van der Waals surface area contributed by atoms with Crippen LogP contribution in [0.1, 0.15) is 5.56 Å². The number of rotatable bonds is 6. The maximum Gasteiger partial charge on any atom is 0.336 e. The summed E-state index contributed by atoms with van der Waals surface area (Å²) in [6.45, 7) is 1.83. The average Bonchev–Trinajstić information content (AvgIpc) is 3.55. The number of carbonyl (C=O) groups excluding carboxylic acids is 2. The van der Waals surface area contributed by atoms with Gasteiger partial charge in [0, 0.05) is 19.5 Å². The molecule has 0 spiro atoms. The molecule has 152 valence electrons. The molecule has 2 aliphatic heterocycles. The fraction of sp³-hybridized carbons (Fsp3) is 0.381. The van der Waals surface area contributed by atoms with E-state index in [1.807, 2.05) is 42.5 Å². The largest absolute Gasteiger partial charge is 0.479 e. The van der Waals surface area contributed by atoms with Gasteiger partial charge in [-0.3, -0.25) is 9.59 Å². The lowest BCUT2D eigenvalue weighted by Gasteiger charge is -2.30. The second-order valence-corrected chi connectivity index (χ2v) is 7.20. The zero-order valence-corrected chi connectivity index (χ0v) is 15.7. The first kappa shape index (κ1) is 19.4. The first-order chi connectivity index (χ1) is 14.0. The van der Waals surface area contributed by atoms with Gasteiger partial charge in [0.25, 0.3) is 5.91 Å². The third kappa shape index (κ3) is 4.38. The van der Waals surface area contributed by atoms with Crippen LogP contribution >= 0.6 is 0 Å². The SMILES string of the molecule is O=C(O)[C@H]1O[C@@H]1C(=O)N[C@@H](Cc1ccc2ccccc2c1)C(=O)N1CCOCC1. The summed E-state index contributed by atoms with van der Waals surface area (Å²) in [5, 5.41) is 13.8. The second kappa shape index (κ2) is 8.18. The van der Waals surface area contributed by atoms with Crippen LogP contribution in [0.25, 0.3) is 10.8 Å². The predicted octanol–water partition coefficient (Wildman–Crippen LogP) is 0.578. The summed E-state index contributed by atoms with van der Waals surface area (Å²) in [7, 11) is 0. The van der Waals surface area contributed by atoms with Crippen LogP contribution < -0.4 is 5.32 Å². The van der Waals surface area contributed by atoms with Crippen molar-refractivity contribution >= 4 is 28.6 Å². The lowest BCUT2D eigenvalue weighted by molar-refractivity contribution is -0.140. The molecule has 2 fully saturated rings. The fourth-order valence-electron chi connectivity index (χ4n) is 3.56. The van der Waals surface area contributed by atoms with E-state index in [0.717, 1.165) is 16.3 Å². The number of fused-ring (bicyclic) bond motifs is 1. The van der Waals surface area contributed by atoms with E-state index in [-0.39, 0.29) is 5.91 Å². The molecule has 0 saturated carbocycles. The quantitative estimate of drug-likeness (QED) is 0.689. The van der Waals surface area contributed by atoms with E-state index in [1.165, 1.54) is 0 Å². The highest BCUT2D eigenvalue weighted by Crippen LogP contribution is 2.23. The lowest BCUT2D eigenvalue weighted by atomic mass is 10.0. The van der Waals surface area contributed by atoms with Crippen molar-refractivity contribution in [1.82, 2.24) is 10.2 Å². The Kier molecular flexibility index (Phi) is 5.46. The first-order valence-corrected chi connectivity index (χ1v) is 9.56. The number of epoxide rings is 1. The zero-order chi connectivity index (χ0) is 20.4. The normalized spacial score (nSPS) is 22.1. The van der Waals surface area contributed by atoms with Gasteiger partial charge in [-0.15, -0.1) is 0 Å². The van der Waals surface area contributed by atoms with E-state index in [1.54, 1.807) is 4.90 Å². The van der Waals surface area contributed by atoms with Gasteiger partial charge in [0.15, 0.2) is 12.2 Å². The molecule has 0 unspecified atom stereocenters. The third-order valence-electron chi connectivity index (χ3n) is 5.18. The fourth-order valence-corrected chi connectivity index (χ4v) is 3.56. The Morgan fingerprint density at radius 1 is 1.07 bits per heavy atom. The van der Waals surface area contributed by atoms with Gasteiger partial charge in [-0.1, -0.05) is 42.5 Å². The number of morpholine rings is 1. The number of nitrogens with one attached hydrogen (secondary N) is 1. The molecule has 29 heavy (non-hydrogen) atoms. The van der Waals surface area contributed by atoms with Gasteiger partial charge in [-0.05, 0) is 16.3 Å². The molecule has 2 aliphatic rings. The molecule has 0 radical (unpaired) electrons. The summed E-state index contributed by atoms with van der Waals surface area (Å²) in [6, 6.07) is 13.0. The Hall–Kier alpha value is -2.97. The summed E-state index contributed by atoms with van der Waals surface area (Å²) in [5.41, 5.74) is 0.905. The molecule has 4 rings (SSSR count). The van der Waals surface area contributed by atoms with Crippen molar-refractivity contribution in [3.05, 3.63) is 48.0 Å². The van der Waals surface area contributed by atoms with Gasteiger partial charge >= 0.3 is 5.97 Å². The first-order valence-electron chi connectivity index (χ1n) is 9.56. The molecule has 2 aromatic rings. The van der Waals surface area contributed by atoms with E-state index >= 15 is 0 Å². The molecule has 2 saturated heterocycles. The maximum atomic E-state index is 13.1. The van der Waals surface area contributed by atoms with E-state index in [0.29, 0.717) is 32.7 Å². The number of hydrogen-bond donors (Lipinski definition) is 2. The van der Waals surface area contributed by atoms with Crippen molar-refractivity contribution in [3.8, 4) is 0 Å². The minimum absolute atomic E-state index is 0.206.